The standard InChI is InChI=1S/C19H23FN2O3S/c1-5-17(19(23)21-16-11-8-9-13(2)14(16)3)22(26(4,24)25)18-12-7-6-10-15(18)20/h6-12,17H,5H2,1-4H3,(H,21,23). The molecule has 140 valence electrons. The number of nitrogens with zero attached hydrogens (tertiary/aromatic N) is 1. The van der Waals surface area contributed by atoms with Crippen LogP contribution in [0.4, 0.5) is 15.8 Å². The number of nitrogens with one attached hydrogen (secondary N) is 1. The molecule has 7 heteroatoms. The summed E-state index contributed by atoms with van der Waals surface area (Å²) in [5, 5.41) is 2.78. The van der Waals surface area contributed by atoms with E-state index in [1.54, 1.807) is 13.0 Å². The van der Waals surface area contributed by atoms with E-state index in [-0.39, 0.29) is 12.1 Å². The van der Waals surface area contributed by atoms with E-state index in [1.807, 2.05) is 26.0 Å². The van der Waals surface area contributed by atoms with Crippen LogP contribution in [0.5, 0.6) is 0 Å². The average molecular weight is 378 g/mol. The summed E-state index contributed by atoms with van der Waals surface area (Å²) in [5.41, 5.74) is 2.37. The molecule has 26 heavy (non-hydrogen) atoms. The molecular formula is C19H23FN2O3S. The first-order chi connectivity index (χ1) is 12.2. The molecule has 0 aliphatic rings. The van der Waals surface area contributed by atoms with Gasteiger partial charge in [0.15, 0.2) is 0 Å². The average Bonchev–Trinajstić information content (AvgIpc) is 2.56. The number of anilines is 2. The number of benzene rings is 2. The van der Waals surface area contributed by atoms with Crippen LogP contribution in [-0.4, -0.2) is 26.6 Å². The van der Waals surface area contributed by atoms with Gasteiger partial charge in [-0.15, -0.1) is 0 Å². The second kappa shape index (κ2) is 7.86. The molecule has 0 fully saturated rings. The maximum atomic E-state index is 14.2. The fraction of sp³-hybridized carbons (Fsp3) is 0.316. The van der Waals surface area contributed by atoms with Crippen molar-refractivity contribution in [2.24, 2.45) is 0 Å². The number of para-hydroxylation sites is 1. The SMILES string of the molecule is CCC(C(=O)Nc1cccc(C)c1C)N(c1ccccc1F)S(C)(=O)=O. The summed E-state index contributed by atoms with van der Waals surface area (Å²) < 4.78 is 39.8. The second-order valence-electron chi connectivity index (χ2n) is 6.17. The van der Waals surface area contributed by atoms with Crippen LogP contribution >= 0.6 is 0 Å². The van der Waals surface area contributed by atoms with Crippen LogP contribution in [0.1, 0.15) is 24.5 Å². The van der Waals surface area contributed by atoms with Crippen LogP contribution in [0.15, 0.2) is 42.5 Å². The molecule has 0 saturated heterocycles. The van der Waals surface area contributed by atoms with E-state index < -0.39 is 27.8 Å². The van der Waals surface area contributed by atoms with Gasteiger partial charge in [-0.1, -0.05) is 31.2 Å². The topological polar surface area (TPSA) is 66.5 Å². The molecule has 1 N–H and O–H groups in total. The molecule has 1 amide bonds. The molecule has 5 nitrogen and oxygen atoms in total. The second-order valence-corrected chi connectivity index (χ2v) is 8.03. The van der Waals surface area contributed by atoms with Gasteiger partial charge in [-0.3, -0.25) is 9.10 Å². The molecule has 0 bridgehead atoms. The molecule has 2 aromatic carbocycles. The van der Waals surface area contributed by atoms with E-state index in [1.165, 1.54) is 24.3 Å². The van der Waals surface area contributed by atoms with E-state index >= 15 is 0 Å². The predicted molar refractivity (Wildman–Crippen MR) is 102 cm³/mol. The lowest BCUT2D eigenvalue weighted by atomic mass is 10.1. The van der Waals surface area contributed by atoms with Crippen LogP contribution in [0, 0.1) is 19.7 Å². The zero-order chi connectivity index (χ0) is 19.5. The highest BCUT2D eigenvalue weighted by molar-refractivity contribution is 7.92. The molecule has 2 aromatic rings. The van der Waals surface area contributed by atoms with E-state index in [9.17, 15) is 17.6 Å². The summed E-state index contributed by atoms with van der Waals surface area (Å²) in [4.78, 5) is 12.8. The minimum absolute atomic E-state index is 0.141. The maximum absolute atomic E-state index is 14.2. The highest BCUT2D eigenvalue weighted by atomic mass is 32.2. The largest absolute Gasteiger partial charge is 0.324 e. The lowest BCUT2D eigenvalue weighted by Crippen LogP contribution is -2.47. The van der Waals surface area contributed by atoms with Crippen molar-refractivity contribution in [2.45, 2.75) is 33.2 Å². The Hall–Kier alpha value is -2.41. The fourth-order valence-corrected chi connectivity index (χ4v) is 3.98. The number of carbonyl (C=O) groups is 1. The monoisotopic (exact) mass is 378 g/mol. The minimum atomic E-state index is -3.87. The molecule has 0 aromatic heterocycles. The molecule has 0 radical (unpaired) electrons. The number of carbonyl (C=O) groups excluding carboxylic acids is 1. The summed E-state index contributed by atoms with van der Waals surface area (Å²) in [7, 11) is -3.87. The normalized spacial score (nSPS) is 12.5. The third kappa shape index (κ3) is 4.22. The number of rotatable bonds is 6. The smallest absolute Gasteiger partial charge is 0.248 e. The van der Waals surface area contributed by atoms with Gasteiger partial charge >= 0.3 is 0 Å². The van der Waals surface area contributed by atoms with Gasteiger partial charge in [0.05, 0.1) is 11.9 Å². The van der Waals surface area contributed by atoms with Crippen molar-refractivity contribution in [1.82, 2.24) is 0 Å². The Morgan fingerprint density at radius 1 is 1.15 bits per heavy atom. The predicted octanol–water partition coefficient (Wildman–Crippen LogP) is 3.63. The first-order valence-electron chi connectivity index (χ1n) is 8.27. The Morgan fingerprint density at radius 3 is 2.38 bits per heavy atom. The number of hydrogen-bond donors (Lipinski definition) is 1. The van der Waals surface area contributed by atoms with Crippen molar-refractivity contribution in [3.8, 4) is 0 Å². The van der Waals surface area contributed by atoms with E-state index in [0.29, 0.717) is 5.69 Å². The van der Waals surface area contributed by atoms with Crippen molar-refractivity contribution >= 4 is 27.3 Å². The number of amides is 1. The minimum Gasteiger partial charge on any atom is -0.324 e. The fourth-order valence-electron chi connectivity index (χ4n) is 2.77. The number of hydrogen-bond acceptors (Lipinski definition) is 3. The Balaban J connectivity index is 2.44. The summed E-state index contributed by atoms with van der Waals surface area (Å²) in [6, 6.07) is 9.94. The quantitative estimate of drug-likeness (QED) is 0.835. The molecule has 0 spiro atoms. The van der Waals surface area contributed by atoms with E-state index in [0.717, 1.165) is 21.7 Å². The van der Waals surface area contributed by atoms with E-state index in [4.69, 9.17) is 0 Å². The van der Waals surface area contributed by atoms with Crippen molar-refractivity contribution in [1.29, 1.82) is 0 Å². The van der Waals surface area contributed by atoms with Gasteiger partial charge < -0.3 is 5.32 Å². The maximum Gasteiger partial charge on any atom is 0.248 e. The van der Waals surface area contributed by atoms with Gasteiger partial charge in [-0.25, -0.2) is 12.8 Å². The lowest BCUT2D eigenvalue weighted by molar-refractivity contribution is -0.117. The third-order valence-corrected chi connectivity index (χ3v) is 5.45. The Bertz CT molecular complexity index is 913. The number of sulfonamides is 1. The van der Waals surface area contributed by atoms with Gasteiger partial charge in [0.2, 0.25) is 15.9 Å². The number of aryl methyl sites for hydroxylation is 1. The summed E-state index contributed by atoms with van der Waals surface area (Å²) in [5.74, 6) is -1.20. The Labute approximate surface area is 153 Å². The van der Waals surface area contributed by atoms with Crippen LogP contribution in [0.25, 0.3) is 0 Å². The molecule has 0 saturated carbocycles. The number of halogens is 1. The van der Waals surface area contributed by atoms with Crippen molar-refractivity contribution in [2.75, 3.05) is 15.9 Å². The Kier molecular flexibility index (Phi) is 6.02. The van der Waals surface area contributed by atoms with Crippen LogP contribution < -0.4 is 9.62 Å². The van der Waals surface area contributed by atoms with Crippen molar-refractivity contribution < 1.29 is 17.6 Å². The zero-order valence-electron chi connectivity index (χ0n) is 15.3. The van der Waals surface area contributed by atoms with Gasteiger partial charge in [0.1, 0.15) is 11.9 Å². The summed E-state index contributed by atoms with van der Waals surface area (Å²) in [6.45, 7) is 5.48. The highest BCUT2D eigenvalue weighted by Crippen LogP contribution is 2.26. The van der Waals surface area contributed by atoms with E-state index in [2.05, 4.69) is 5.32 Å². The van der Waals surface area contributed by atoms with Crippen molar-refractivity contribution in [3.05, 3.63) is 59.4 Å². The molecule has 0 aliphatic heterocycles. The van der Waals surface area contributed by atoms with Gasteiger partial charge in [0, 0.05) is 5.69 Å². The third-order valence-electron chi connectivity index (χ3n) is 4.28. The molecule has 1 atom stereocenters. The van der Waals surface area contributed by atoms with Crippen LogP contribution in [-0.2, 0) is 14.8 Å². The Morgan fingerprint density at radius 2 is 1.81 bits per heavy atom. The highest BCUT2D eigenvalue weighted by Gasteiger charge is 2.33. The van der Waals surface area contributed by atoms with Gasteiger partial charge in [-0.2, -0.15) is 0 Å². The van der Waals surface area contributed by atoms with Gasteiger partial charge in [-0.05, 0) is 49.6 Å². The summed E-state index contributed by atoms with van der Waals surface area (Å²) >= 11 is 0. The van der Waals surface area contributed by atoms with Crippen molar-refractivity contribution in [3.63, 3.8) is 0 Å². The molecule has 2 rings (SSSR count). The van der Waals surface area contributed by atoms with Gasteiger partial charge in [0.25, 0.3) is 0 Å². The zero-order valence-corrected chi connectivity index (χ0v) is 16.1. The molecule has 0 aliphatic carbocycles. The summed E-state index contributed by atoms with van der Waals surface area (Å²) in [6.07, 6.45) is 1.16. The molecular weight excluding hydrogens is 355 g/mol. The first kappa shape index (κ1) is 19.9. The molecule has 1 unspecified atom stereocenters. The lowest BCUT2D eigenvalue weighted by Gasteiger charge is -2.30. The first-order valence-corrected chi connectivity index (χ1v) is 10.1. The van der Waals surface area contributed by atoms with Crippen LogP contribution in [0.3, 0.4) is 0 Å². The van der Waals surface area contributed by atoms with Crippen LogP contribution in [0.2, 0.25) is 0 Å². The molecule has 0 heterocycles.